The average molecular weight is 332 g/mol. The van der Waals surface area contributed by atoms with Crippen LogP contribution in [0.4, 0.5) is 8.78 Å². The maximum atomic E-state index is 12.9. The Kier molecular flexibility index (Phi) is 5.89. The van der Waals surface area contributed by atoms with Gasteiger partial charge in [-0.3, -0.25) is 4.79 Å². The Balaban J connectivity index is 2.04. The number of amides is 1. The van der Waals surface area contributed by atoms with Gasteiger partial charge in [-0.05, 0) is 11.6 Å². The molecule has 0 bridgehead atoms. The molecule has 2 fully saturated rings. The number of carbonyl (C=O) groups excluding carboxylic acids is 1. The van der Waals surface area contributed by atoms with E-state index in [1.54, 1.807) is 0 Å². The molecule has 1 amide bonds. The molecule has 1 N–H and O–H groups in total. The summed E-state index contributed by atoms with van der Waals surface area (Å²) < 4.78 is 40.2. The first-order valence-electron chi connectivity index (χ1n) is 6.31. The van der Waals surface area contributed by atoms with E-state index in [2.05, 4.69) is 5.09 Å². The predicted octanol–water partition coefficient (Wildman–Crippen LogP) is 0.825. The van der Waals surface area contributed by atoms with Gasteiger partial charge in [0.1, 0.15) is 8.37 Å². The van der Waals surface area contributed by atoms with Crippen LogP contribution in [0.1, 0.15) is 0 Å². The molecule has 0 radical (unpaired) electrons. The van der Waals surface area contributed by atoms with E-state index in [4.69, 9.17) is 21.1 Å². The van der Waals surface area contributed by atoms with Crippen LogP contribution in [0.5, 0.6) is 0 Å². The number of alkyl halides is 3. The maximum Gasteiger partial charge on any atom is 0.400 e. The highest BCUT2D eigenvalue weighted by atomic mass is 35.5. The van der Waals surface area contributed by atoms with Gasteiger partial charge < -0.3 is 14.6 Å². The molecule has 20 heavy (non-hydrogen) atoms. The number of hydrogen-bond donors (Lipinski definition) is 1. The Bertz CT molecular complexity index is 318. The van der Waals surface area contributed by atoms with Crippen LogP contribution < -0.4 is 5.09 Å². The zero-order valence-electron chi connectivity index (χ0n) is 10.9. The highest BCUT2D eigenvalue weighted by Gasteiger charge is 2.40. The van der Waals surface area contributed by atoms with Crippen LogP contribution in [-0.2, 0) is 14.3 Å². The van der Waals surface area contributed by atoms with Gasteiger partial charge in [-0.1, -0.05) is 0 Å². The second kappa shape index (κ2) is 7.24. The first kappa shape index (κ1) is 16.3. The summed E-state index contributed by atoms with van der Waals surface area (Å²) in [6.45, 7) is 4.47. The van der Waals surface area contributed by atoms with Crippen LogP contribution in [0.25, 0.3) is 0 Å². The largest absolute Gasteiger partial charge is 0.400 e. The van der Waals surface area contributed by atoms with Gasteiger partial charge >= 0.3 is 11.3 Å². The van der Waals surface area contributed by atoms with Crippen LogP contribution in [0, 0.1) is 0 Å². The summed E-state index contributed by atoms with van der Waals surface area (Å²) in [6.07, 6.45) is 0. The lowest BCUT2D eigenvalue weighted by Crippen LogP contribution is -2.47. The smallest absolute Gasteiger partial charge is 0.379 e. The first-order chi connectivity index (χ1) is 9.48. The van der Waals surface area contributed by atoms with E-state index in [1.165, 1.54) is 0 Å². The van der Waals surface area contributed by atoms with Crippen LogP contribution in [0.2, 0.25) is 0 Å². The van der Waals surface area contributed by atoms with Crippen molar-refractivity contribution in [2.45, 2.75) is 5.38 Å². The van der Waals surface area contributed by atoms with Crippen LogP contribution in [0.15, 0.2) is 0 Å². The van der Waals surface area contributed by atoms with Crippen molar-refractivity contribution in [3.63, 3.8) is 0 Å². The Morgan fingerprint density at radius 3 is 1.80 bits per heavy atom. The van der Waals surface area contributed by atoms with Crippen molar-refractivity contribution < 1.29 is 23.0 Å². The number of halogens is 3. The van der Waals surface area contributed by atoms with E-state index in [1.807, 2.05) is 9.34 Å². The molecule has 2 aliphatic heterocycles. The molecular formula is C10H17ClF2N3O3P. The van der Waals surface area contributed by atoms with Gasteiger partial charge in [0.05, 0.1) is 26.4 Å². The normalized spacial score (nSPS) is 23.0. The van der Waals surface area contributed by atoms with Gasteiger partial charge in [0.2, 0.25) is 0 Å². The fourth-order valence-electron chi connectivity index (χ4n) is 1.96. The van der Waals surface area contributed by atoms with E-state index in [0.717, 1.165) is 0 Å². The number of hydrogen-bond acceptors (Lipinski definition) is 5. The Morgan fingerprint density at radius 1 is 1.05 bits per heavy atom. The molecular weight excluding hydrogens is 315 g/mol. The fraction of sp³-hybridized carbons (Fsp3) is 0.900. The number of rotatable bonds is 4. The third kappa shape index (κ3) is 4.44. The van der Waals surface area contributed by atoms with Gasteiger partial charge in [-0.25, -0.2) is 9.34 Å². The molecule has 2 saturated heterocycles. The molecule has 0 unspecified atom stereocenters. The van der Waals surface area contributed by atoms with Crippen molar-refractivity contribution in [2.24, 2.45) is 0 Å². The van der Waals surface area contributed by atoms with Crippen molar-refractivity contribution >= 4 is 25.9 Å². The van der Waals surface area contributed by atoms with E-state index >= 15 is 0 Å². The van der Waals surface area contributed by atoms with Gasteiger partial charge in [-0.2, -0.15) is 8.78 Å². The summed E-state index contributed by atoms with van der Waals surface area (Å²) in [4.78, 5) is 11.5. The van der Waals surface area contributed by atoms with Crippen LogP contribution in [-0.4, -0.2) is 73.2 Å². The number of nitrogens with one attached hydrogen (secondary N) is 1. The van der Waals surface area contributed by atoms with Gasteiger partial charge in [0, 0.05) is 26.2 Å². The second-order valence-corrected chi connectivity index (χ2v) is 6.77. The molecule has 0 aromatic rings. The van der Waals surface area contributed by atoms with Crippen molar-refractivity contribution in [2.75, 3.05) is 52.6 Å². The summed E-state index contributed by atoms with van der Waals surface area (Å²) in [5.74, 6) is -1.46. The topological polar surface area (TPSA) is 54.0 Å². The minimum absolute atomic E-state index is 0.524. The SMILES string of the molecule is O=C(NP(N1CCOCC1)N1CCOCC1)C(F)(F)Cl. The molecule has 0 atom stereocenters. The summed E-state index contributed by atoms with van der Waals surface area (Å²) in [7, 11) is -1.36. The molecule has 0 saturated carbocycles. The lowest BCUT2D eigenvalue weighted by atomic mass is 10.5. The Morgan fingerprint density at radius 2 is 1.45 bits per heavy atom. The zero-order valence-corrected chi connectivity index (χ0v) is 12.5. The van der Waals surface area contributed by atoms with Crippen LogP contribution >= 0.6 is 20.0 Å². The van der Waals surface area contributed by atoms with Crippen molar-refractivity contribution in [3.05, 3.63) is 0 Å². The zero-order chi connectivity index (χ0) is 14.6. The Labute approximate surface area is 122 Å². The molecule has 2 rings (SSSR count). The second-order valence-electron chi connectivity index (χ2n) is 4.36. The van der Waals surface area contributed by atoms with Crippen molar-refractivity contribution in [1.82, 2.24) is 14.4 Å². The molecule has 0 aromatic carbocycles. The minimum atomic E-state index is -3.89. The van der Waals surface area contributed by atoms with E-state index in [-0.39, 0.29) is 0 Å². The standard InChI is InChI=1S/C10H17ClF2N3O3P/c11-10(12,13)9(17)14-20(15-1-5-18-6-2-15)16-3-7-19-8-4-16/h1-8H2,(H,14,17). The average Bonchev–Trinajstić information content (AvgIpc) is 2.45. The van der Waals surface area contributed by atoms with E-state index in [9.17, 15) is 13.6 Å². The monoisotopic (exact) mass is 331 g/mol. The van der Waals surface area contributed by atoms with Gasteiger partial charge in [0.25, 0.3) is 0 Å². The predicted molar refractivity (Wildman–Crippen MR) is 70.6 cm³/mol. The minimum Gasteiger partial charge on any atom is -0.379 e. The molecule has 6 nitrogen and oxygen atoms in total. The van der Waals surface area contributed by atoms with E-state index < -0.39 is 19.7 Å². The number of nitrogens with zero attached hydrogens (tertiary/aromatic N) is 2. The molecule has 2 aliphatic rings. The van der Waals surface area contributed by atoms with E-state index in [0.29, 0.717) is 52.6 Å². The van der Waals surface area contributed by atoms with Gasteiger partial charge in [0.15, 0.2) is 0 Å². The quantitative estimate of drug-likeness (QED) is 0.611. The molecule has 0 spiro atoms. The molecule has 0 aromatic heterocycles. The van der Waals surface area contributed by atoms with Crippen molar-refractivity contribution in [3.8, 4) is 0 Å². The molecule has 116 valence electrons. The lowest BCUT2D eigenvalue weighted by Gasteiger charge is -2.41. The summed E-state index contributed by atoms with van der Waals surface area (Å²) in [6, 6.07) is 0. The van der Waals surface area contributed by atoms with Crippen LogP contribution in [0.3, 0.4) is 0 Å². The maximum absolute atomic E-state index is 12.9. The lowest BCUT2D eigenvalue weighted by molar-refractivity contribution is -0.133. The summed E-state index contributed by atoms with van der Waals surface area (Å²) in [5.41, 5.74) is 0. The summed E-state index contributed by atoms with van der Waals surface area (Å²) >= 11 is 4.78. The molecule has 10 heteroatoms. The Hall–Kier alpha value is -0.110. The number of morpholine rings is 2. The third-order valence-electron chi connectivity index (χ3n) is 2.97. The number of carbonyl (C=O) groups is 1. The fourth-order valence-corrected chi connectivity index (χ4v) is 4.12. The first-order valence-corrected chi connectivity index (χ1v) is 7.94. The molecule has 2 heterocycles. The highest BCUT2D eigenvalue weighted by molar-refractivity contribution is 7.51. The third-order valence-corrected chi connectivity index (χ3v) is 5.42. The highest BCUT2D eigenvalue weighted by Crippen LogP contribution is 2.42. The summed E-state index contributed by atoms with van der Waals surface area (Å²) in [5, 5.41) is -1.51. The molecule has 0 aliphatic carbocycles. The van der Waals surface area contributed by atoms with Crippen molar-refractivity contribution in [1.29, 1.82) is 0 Å². The van der Waals surface area contributed by atoms with Gasteiger partial charge in [-0.15, -0.1) is 0 Å². The number of ether oxygens (including phenoxy) is 2.